The van der Waals surface area contributed by atoms with Gasteiger partial charge in [-0.1, -0.05) is 149 Å². The molecule has 0 amide bonds. The van der Waals surface area contributed by atoms with Crippen LogP contribution in [0.3, 0.4) is 0 Å². The highest BCUT2D eigenvalue weighted by Crippen LogP contribution is 2.60. The van der Waals surface area contributed by atoms with Crippen LogP contribution in [0, 0.1) is 5.92 Å². The first-order chi connectivity index (χ1) is 30.4. The van der Waals surface area contributed by atoms with Crippen molar-refractivity contribution >= 4 is 51.8 Å². The molecule has 0 spiro atoms. The molecule has 0 bridgehead atoms. The van der Waals surface area contributed by atoms with E-state index in [-0.39, 0.29) is 12.0 Å². The van der Waals surface area contributed by atoms with Crippen molar-refractivity contribution in [3.63, 3.8) is 0 Å². The van der Waals surface area contributed by atoms with Crippen LogP contribution >= 0.6 is 0 Å². The zero-order valence-corrected chi connectivity index (χ0v) is 36.9. The molecule has 0 radical (unpaired) electrons. The first-order valence-electron chi connectivity index (χ1n) is 23.0. The molecule has 4 aliphatic rings. The van der Waals surface area contributed by atoms with Crippen LogP contribution in [-0.4, -0.2) is 12.6 Å². The van der Waals surface area contributed by atoms with Crippen LogP contribution in [0.4, 0.5) is 0 Å². The Morgan fingerprint density at radius 1 is 0.694 bits per heavy atom. The summed E-state index contributed by atoms with van der Waals surface area (Å²) in [5.74, 6) is 2.19. The predicted octanol–water partition coefficient (Wildman–Crippen LogP) is 12.9. The summed E-state index contributed by atoms with van der Waals surface area (Å²) in [6, 6.07) is 54.5. The lowest BCUT2D eigenvalue weighted by atomic mass is 9.63. The summed E-state index contributed by atoms with van der Waals surface area (Å²) in [5, 5.41) is 3.96. The summed E-state index contributed by atoms with van der Waals surface area (Å²) < 4.78 is 15.0. The molecule has 9 aromatic rings. The second-order valence-electron chi connectivity index (χ2n) is 19.5. The van der Waals surface area contributed by atoms with E-state index >= 15 is 0 Å². The predicted molar refractivity (Wildman–Crippen MR) is 256 cm³/mol. The molecule has 2 atom stereocenters. The van der Waals surface area contributed by atoms with Crippen molar-refractivity contribution in [3.05, 3.63) is 174 Å². The van der Waals surface area contributed by atoms with Crippen LogP contribution in [0.5, 0.6) is 0 Å². The number of imidazole rings is 1. The van der Waals surface area contributed by atoms with Crippen molar-refractivity contribution in [1.82, 2.24) is 4.57 Å². The maximum atomic E-state index is 7.09. The van der Waals surface area contributed by atoms with Gasteiger partial charge in [0.25, 0.3) is 5.82 Å². The minimum absolute atomic E-state index is 0.218. The van der Waals surface area contributed by atoms with Crippen molar-refractivity contribution in [2.24, 2.45) is 5.92 Å². The number of benzene rings is 6. The Balaban J connectivity index is 1.10. The summed E-state index contributed by atoms with van der Waals surface area (Å²) in [5.41, 5.74) is 19.2. The Bertz CT molecular complexity index is 3340. The van der Waals surface area contributed by atoms with Gasteiger partial charge >= 0.3 is 0 Å². The number of para-hydroxylation sites is 3. The topological polar surface area (TPSA) is 25.8 Å². The maximum absolute atomic E-state index is 7.09. The minimum Gasteiger partial charge on any atom is -0.455 e. The number of fused-ring (bicyclic) bond motifs is 18. The molecule has 5 heterocycles. The fourth-order valence-electron chi connectivity index (χ4n) is 12.2. The minimum atomic E-state index is -1.71. The van der Waals surface area contributed by atoms with Crippen LogP contribution in [-0.2, 0) is 13.0 Å². The van der Waals surface area contributed by atoms with E-state index in [0.717, 1.165) is 40.1 Å². The fourth-order valence-corrected chi connectivity index (χ4v) is 13.8. The highest BCUT2D eigenvalue weighted by atomic mass is 28.3. The smallest absolute Gasteiger partial charge is 0.299 e. The molecule has 3 aromatic heterocycles. The van der Waals surface area contributed by atoms with Crippen LogP contribution < -0.4 is 14.3 Å². The first kappa shape index (κ1) is 36.4. The lowest BCUT2D eigenvalue weighted by Gasteiger charge is -2.42. The number of rotatable bonds is 5. The second-order valence-corrected chi connectivity index (χ2v) is 24.6. The third kappa shape index (κ3) is 5.30. The van der Waals surface area contributed by atoms with Gasteiger partial charge in [-0.3, -0.25) is 0 Å². The van der Waals surface area contributed by atoms with E-state index < -0.39 is 8.07 Å². The molecule has 1 fully saturated rings. The summed E-state index contributed by atoms with van der Waals surface area (Å²) in [6.07, 6.45) is 10.8. The highest BCUT2D eigenvalue weighted by Gasteiger charge is 2.57. The zero-order chi connectivity index (χ0) is 41.3. The molecule has 2 unspecified atom stereocenters. The summed E-state index contributed by atoms with van der Waals surface area (Å²) >= 11 is 0. The van der Waals surface area contributed by atoms with Gasteiger partial charge in [-0.05, 0) is 88.2 Å². The highest BCUT2D eigenvalue weighted by molar-refractivity contribution is 6.89. The van der Waals surface area contributed by atoms with E-state index in [1.54, 1.807) is 10.8 Å². The van der Waals surface area contributed by atoms with Gasteiger partial charge in [0.1, 0.15) is 23.4 Å². The second kappa shape index (κ2) is 13.6. The number of allylic oxidation sites excluding steroid dienone is 2. The Morgan fingerprint density at radius 3 is 2.34 bits per heavy atom. The SMILES string of the molecule is C[Si](C)(C)c1c[n+]2c(cc1CC1CCCCC1)-c1ccccc1C1C3=C(C[n+]4c(n(-c5cccc(-c6ccccc6)c5)c5ccccc54)-c4c3ccc3c4oc4ccccc43)C12. The monoisotopic (exact) mass is 821 g/mol. The largest absolute Gasteiger partial charge is 0.455 e. The van der Waals surface area contributed by atoms with Gasteiger partial charge in [-0.15, -0.1) is 0 Å². The first-order valence-corrected chi connectivity index (χ1v) is 26.5. The van der Waals surface area contributed by atoms with E-state index in [2.05, 4.69) is 185 Å². The molecule has 5 heteroatoms. The molecule has 13 rings (SSSR count). The van der Waals surface area contributed by atoms with Gasteiger partial charge in [0.05, 0.1) is 19.6 Å². The lowest BCUT2D eigenvalue weighted by molar-refractivity contribution is -0.719. The number of hydrogen-bond donors (Lipinski definition) is 0. The zero-order valence-electron chi connectivity index (χ0n) is 35.9. The van der Waals surface area contributed by atoms with Gasteiger partial charge in [-0.2, -0.15) is 9.13 Å². The van der Waals surface area contributed by atoms with Crippen molar-refractivity contribution in [2.45, 2.75) is 76.7 Å². The third-order valence-electron chi connectivity index (χ3n) is 14.9. The summed E-state index contributed by atoms with van der Waals surface area (Å²) in [4.78, 5) is 0. The van der Waals surface area contributed by atoms with Crippen LogP contribution in [0.1, 0.15) is 60.8 Å². The van der Waals surface area contributed by atoms with Gasteiger partial charge in [0.15, 0.2) is 28.9 Å². The Kier molecular flexibility index (Phi) is 7.97. The molecule has 4 nitrogen and oxygen atoms in total. The fraction of sp³-hybridized carbons (Fsp3) is 0.228. The van der Waals surface area contributed by atoms with E-state index in [0.29, 0.717) is 0 Å². The molecule has 2 aliphatic carbocycles. The molecule has 0 N–H and O–H groups in total. The van der Waals surface area contributed by atoms with E-state index in [1.807, 2.05) is 0 Å². The average Bonchev–Trinajstić information content (AvgIpc) is 3.80. The van der Waals surface area contributed by atoms with Crippen molar-refractivity contribution in [2.75, 3.05) is 0 Å². The molecule has 1 saturated carbocycles. The Hall–Kier alpha value is -6.30. The van der Waals surface area contributed by atoms with E-state index in [4.69, 9.17) is 4.42 Å². The summed E-state index contributed by atoms with van der Waals surface area (Å²) in [6.45, 7) is 8.48. The van der Waals surface area contributed by atoms with Crippen LogP contribution in [0.2, 0.25) is 19.6 Å². The molecule has 0 saturated heterocycles. The molecular weight excluding hydrogens is 771 g/mol. The lowest BCUT2D eigenvalue weighted by Crippen LogP contribution is -2.58. The third-order valence-corrected chi connectivity index (χ3v) is 17.0. The van der Waals surface area contributed by atoms with Crippen molar-refractivity contribution < 1.29 is 13.6 Å². The van der Waals surface area contributed by atoms with Gasteiger partial charge in [-0.25, -0.2) is 4.57 Å². The molecule has 2 aliphatic heterocycles. The number of furan rings is 1. The number of pyridine rings is 1. The number of aromatic nitrogens is 3. The van der Waals surface area contributed by atoms with Crippen LogP contribution in [0.25, 0.3) is 78.0 Å². The molecular formula is C57H51N3OSi+2. The normalized spacial score (nSPS) is 18.1. The average molecular weight is 822 g/mol. The molecule has 62 heavy (non-hydrogen) atoms. The van der Waals surface area contributed by atoms with E-state index in [1.165, 1.54) is 106 Å². The van der Waals surface area contributed by atoms with Crippen molar-refractivity contribution in [1.29, 1.82) is 0 Å². The Morgan fingerprint density at radius 2 is 1.47 bits per heavy atom. The number of nitrogens with zero attached hydrogens (tertiary/aromatic N) is 3. The maximum Gasteiger partial charge on any atom is 0.299 e. The quantitative estimate of drug-likeness (QED) is 0.125. The molecule has 302 valence electrons. The van der Waals surface area contributed by atoms with Gasteiger partial charge in [0, 0.05) is 27.6 Å². The molecule has 6 aromatic carbocycles. The van der Waals surface area contributed by atoms with Gasteiger partial charge in [0.2, 0.25) is 5.69 Å². The van der Waals surface area contributed by atoms with Crippen molar-refractivity contribution in [3.8, 4) is 39.5 Å². The van der Waals surface area contributed by atoms with Crippen LogP contribution in [0.15, 0.2) is 162 Å². The Labute approximate surface area is 364 Å². The standard InChI is InChI=1S/C57H51N3OSi/c1-62(2,3)51-35-58-49(33-39(51)31-36-17-6-4-7-18-36)41-23-10-11-25-43(41)53-52-45-30-29-44-42-24-12-15-28-50(42)61-56(44)54(45)57-59(34-46(52)55(53)58)47-26-13-14-27-48(47)60(57)40-22-16-21-38(32-40)37-19-8-5-9-20-37/h5,8-16,19-30,32-33,35-36,53,55H,4,6-7,17-18,31,34H2,1-3H3/q+2. The number of hydrogen-bond acceptors (Lipinski definition) is 1. The summed E-state index contributed by atoms with van der Waals surface area (Å²) in [7, 11) is -1.71. The van der Waals surface area contributed by atoms with E-state index in [9.17, 15) is 0 Å². The van der Waals surface area contributed by atoms with Gasteiger partial charge < -0.3 is 4.42 Å².